The van der Waals surface area contributed by atoms with E-state index in [-0.39, 0.29) is 5.92 Å². The molecule has 1 aromatic heterocycles. The highest BCUT2D eigenvalue weighted by Crippen LogP contribution is 2.45. The van der Waals surface area contributed by atoms with Crippen LogP contribution in [0.15, 0.2) is 64.6 Å². The molecule has 1 spiro atoms. The number of nitrogens with one attached hydrogen (secondary N) is 1. The van der Waals surface area contributed by atoms with Gasteiger partial charge < -0.3 is 4.90 Å². The lowest BCUT2D eigenvalue weighted by Crippen LogP contribution is -2.52. The number of likely N-dealkylation sites (tertiary alicyclic amines) is 1. The first kappa shape index (κ1) is 20.0. The molecular weight excluding hydrogens is 420 g/mol. The van der Waals surface area contributed by atoms with Crippen molar-refractivity contribution in [2.24, 2.45) is 15.4 Å². The third-order valence-electron chi connectivity index (χ3n) is 8.36. The maximum atomic E-state index is 5.13. The second kappa shape index (κ2) is 7.55. The smallest absolute Gasteiger partial charge is 0.209 e. The lowest BCUT2D eigenvalue weighted by Gasteiger charge is -2.43. The van der Waals surface area contributed by atoms with Crippen molar-refractivity contribution < 1.29 is 0 Å². The second-order valence-corrected chi connectivity index (χ2v) is 10.3. The fourth-order valence-corrected chi connectivity index (χ4v) is 6.43. The summed E-state index contributed by atoms with van der Waals surface area (Å²) in [5, 5.41) is 7.98. The maximum absolute atomic E-state index is 5.13. The average Bonchev–Trinajstić information content (AvgIpc) is 3.60. The summed E-state index contributed by atoms with van der Waals surface area (Å²) >= 11 is 0. The molecule has 1 unspecified atom stereocenters. The van der Waals surface area contributed by atoms with Crippen molar-refractivity contribution in [2.75, 3.05) is 26.2 Å². The van der Waals surface area contributed by atoms with Crippen LogP contribution in [0.25, 0.3) is 0 Å². The molecular formula is C28H30N6. The number of aliphatic imine (C=N–C) groups is 2. The van der Waals surface area contributed by atoms with Crippen molar-refractivity contribution in [2.45, 2.75) is 38.5 Å². The van der Waals surface area contributed by atoms with Gasteiger partial charge in [-0.1, -0.05) is 61.5 Å². The molecule has 3 aliphatic heterocycles. The first-order valence-electron chi connectivity index (χ1n) is 12.6. The van der Waals surface area contributed by atoms with E-state index in [1.54, 1.807) is 11.1 Å². The fourth-order valence-electron chi connectivity index (χ4n) is 6.43. The largest absolute Gasteiger partial charge is 0.342 e. The number of benzene rings is 2. The summed E-state index contributed by atoms with van der Waals surface area (Å²) < 4.78 is 0. The standard InChI is InChI=1S/C28H30N6/c1-19(20-7-3-2-4-8-20)24-23-25(32-31-24)30-27(34-16-13-29-26(23)34)33-14-11-28(12-15-33)17-21-9-5-6-10-22(21)18-28/h2-10,19H,11-18H2,1H3,(H,31,32). The third kappa shape index (κ3) is 3.04. The highest BCUT2D eigenvalue weighted by Gasteiger charge is 2.43. The van der Waals surface area contributed by atoms with Gasteiger partial charge in [-0.25, -0.2) is 0 Å². The molecule has 0 bridgehead atoms. The first-order chi connectivity index (χ1) is 16.7. The van der Waals surface area contributed by atoms with Crippen LogP contribution in [-0.4, -0.2) is 58.0 Å². The summed E-state index contributed by atoms with van der Waals surface area (Å²) in [6.45, 7) is 6.02. The predicted molar refractivity (Wildman–Crippen MR) is 135 cm³/mol. The van der Waals surface area contributed by atoms with Crippen LogP contribution in [0.2, 0.25) is 0 Å². The van der Waals surface area contributed by atoms with Gasteiger partial charge >= 0.3 is 0 Å². The Kier molecular flexibility index (Phi) is 4.44. The SMILES string of the molecule is CC(c1ccccc1)c1n[nH]c2c1C1=NCCN1C(N1CCC3(CC1)Cc1ccccc1C3)=N2. The number of aromatic amines is 1. The van der Waals surface area contributed by atoms with Gasteiger partial charge in [0.25, 0.3) is 0 Å². The zero-order valence-electron chi connectivity index (χ0n) is 19.7. The molecule has 6 heteroatoms. The summed E-state index contributed by atoms with van der Waals surface area (Å²) in [5.41, 5.74) is 6.92. The van der Waals surface area contributed by atoms with Crippen molar-refractivity contribution in [1.29, 1.82) is 0 Å². The van der Waals surface area contributed by atoms with Crippen LogP contribution in [0.5, 0.6) is 0 Å². The normalized spacial score (nSPS) is 21.1. The zero-order chi connectivity index (χ0) is 22.7. The summed E-state index contributed by atoms with van der Waals surface area (Å²) in [4.78, 5) is 14.9. The molecule has 2 aromatic carbocycles. The Balaban J connectivity index is 1.16. The van der Waals surface area contributed by atoms with Crippen LogP contribution >= 0.6 is 0 Å². The third-order valence-corrected chi connectivity index (χ3v) is 8.36. The molecule has 4 aliphatic rings. The monoisotopic (exact) mass is 450 g/mol. The van der Waals surface area contributed by atoms with Gasteiger partial charge in [-0.15, -0.1) is 0 Å². The number of fused-ring (bicyclic) bond motifs is 4. The molecule has 1 atom stereocenters. The Hall–Kier alpha value is -3.41. The summed E-state index contributed by atoms with van der Waals surface area (Å²) in [7, 11) is 0. The lowest BCUT2D eigenvalue weighted by molar-refractivity contribution is 0.151. The van der Waals surface area contributed by atoms with Crippen molar-refractivity contribution in [3.05, 3.63) is 82.5 Å². The lowest BCUT2D eigenvalue weighted by atomic mass is 9.76. The molecule has 4 heterocycles. The van der Waals surface area contributed by atoms with E-state index < -0.39 is 0 Å². The highest BCUT2D eigenvalue weighted by atomic mass is 15.4. The van der Waals surface area contributed by atoms with E-state index in [9.17, 15) is 0 Å². The Morgan fingerprint density at radius 2 is 1.62 bits per heavy atom. The fraction of sp³-hybridized carbons (Fsp3) is 0.393. The van der Waals surface area contributed by atoms with Crippen molar-refractivity contribution in [1.82, 2.24) is 20.0 Å². The minimum absolute atomic E-state index is 0.182. The maximum Gasteiger partial charge on any atom is 0.209 e. The van der Waals surface area contributed by atoms with Gasteiger partial charge in [0.15, 0.2) is 5.82 Å². The molecule has 34 heavy (non-hydrogen) atoms. The molecule has 1 aliphatic carbocycles. The van der Waals surface area contributed by atoms with Crippen molar-refractivity contribution in [3.63, 3.8) is 0 Å². The Bertz CT molecular complexity index is 1270. The van der Waals surface area contributed by atoms with E-state index in [1.807, 2.05) is 0 Å². The van der Waals surface area contributed by atoms with Gasteiger partial charge in [-0.05, 0) is 47.8 Å². The molecule has 1 fully saturated rings. The molecule has 1 N–H and O–H groups in total. The number of piperidine rings is 1. The van der Waals surface area contributed by atoms with Crippen LogP contribution in [0.1, 0.15) is 53.6 Å². The van der Waals surface area contributed by atoms with Crippen LogP contribution in [-0.2, 0) is 12.8 Å². The van der Waals surface area contributed by atoms with Crippen LogP contribution in [0.3, 0.4) is 0 Å². The average molecular weight is 451 g/mol. The number of rotatable bonds is 2. The van der Waals surface area contributed by atoms with Gasteiger partial charge in [-0.3, -0.25) is 15.0 Å². The number of nitrogens with zero attached hydrogens (tertiary/aromatic N) is 5. The summed E-state index contributed by atoms with van der Waals surface area (Å²) in [5.74, 6) is 3.14. The van der Waals surface area contributed by atoms with Crippen LogP contribution < -0.4 is 0 Å². The van der Waals surface area contributed by atoms with Crippen molar-refractivity contribution >= 4 is 17.6 Å². The molecule has 1 saturated heterocycles. The Morgan fingerprint density at radius 3 is 2.35 bits per heavy atom. The molecule has 6 nitrogen and oxygen atoms in total. The molecule has 0 radical (unpaired) electrons. The number of aromatic nitrogens is 2. The molecule has 3 aromatic rings. The molecule has 7 rings (SSSR count). The number of guanidine groups is 1. The molecule has 0 saturated carbocycles. The van der Waals surface area contributed by atoms with E-state index in [2.05, 4.69) is 76.4 Å². The number of hydrogen-bond acceptors (Lipinski definition) is 5. The van der Waals surface area contributed by atoms with Gasteiger partial charge in [-0.2, -0.15) is 10.1 Å². The van der Waals surface area contributed by atoms with E-state index in [0.29, 0.717) is 5.41 Å². The number of H-pyrrole nitrogens is 1. The van der Waals surface area contributed by atoms with Gasteiger partial charge in [0.2, 0.25) is 5.96 Å². The molecule has 172 valence electrons. The predicted octanol–water partition coefficient (Wildman–Crippen LogP) is 4.51. The second-order valence-electron chi connectivity index (χ2n) is 10.3. The van der Waals surface area contributed by atoms with Gasteiger partial charge in [0, 0.05) is 25.6 Å². The Morgan fingerprint density at radius 1 is 0.912 bits per heavy atom. The van der Waals surface area contributed by atoms with Crippen LogP contribution in [0.4, 0.5) is 5.82 Å². The minimum atomic E-state index is 0.182. The van der Waals surface area contributed by atoms with E-state index >= 15 is 0 Å². The van der Waals surface area contributed by atoms with Crippen molar-refractivity contribution in [3.8, 4) is 0 Å². The van der Waals surface area contributed by atoms with E-state index in [0.717, 1.165) is 55.0 Å². The number of hydrogen-bond donors (Lipinski definition) is 1. The quantitative estimate of drug-likeness (QED) is 0.625. The topological polar surface area (TPSA) is 59.9 Å². The van der Waals surface area contributed by atoms with Gasteiger partial charge in [0.1, 0.15) is 5.84 Å². The molecule has 0 amide bonds. The highest BCUT2D eigenvalue weighted by molar-refractivity contribution is 6.15. The van der Waals surface area contributed by atoms with E-state index in [1.165, 1.54) is 31.2 Å². The zero-order valence-corrected chi connectivity index (χ0v) is 19.7. The summed E-state index contributed by atoms with van der Waals surface area (Å²) in [6.07, 6.45) is 4.89. The minimum Gasteiger partial charge on any atom is -0.342 e. The Labute approximate surface area is 200 Å². The van der Waals surface area contributed by atoms with E-state index in [4.69, 9.17) is 15.1 Å². The summed E-state index contributed by atoms with van der Waals surface area (Å²) in [6, 6.07) is 19.6. The first-order valence-corrected chi connectivity index (χ1v) is 12.6. The van der Waals surface area contributed by atoms with Gasteiger partial charge in [0.05, 0.1) is 17.8 Å². The number of amidine groups is 1. The van der Waals surface area contributed by atoms with Crippen LogP contribution in [0, 0.1) is 5.41 Å².